The lowest BCUT2D eigenvalue weighted by Crippen LogP contribution is -2.45. The van der Waals surface area contributed by atoms with Gasteiger partial charge in [-0.1, -0.05) is 84.4 Å². The van der Waals surface area contributed by atoms with E-state index < -0.39 is 0 Å². The van der Waals surface area contributed by atoms with Crippen molar-refractivity contribution in [2.24, 2.45) is 0 Å². The van der Waals surface area contributed by atoms with Crippen molar-refractivity contribution in [2.75, 3.05) is 13.1 Å². The smallest absolute Gasteiger partial charge is 0.253 e. The third kappa shape index (κ3) is 4.01. The van der Waals surface area contributed by atoms with E-state index in [-0.39, 0.29) is 17.6 Å². The molecule has 0 unspecified atom stereocenters. The third-order valence-electron chi connectivity index (χ3n) is 6.78. The van der Waals surface area contributed by atoms with Gasteiger partial charge in [-0.2, -0.15) is 0 Å². The molecule has 3 aromatic rings. The van der Waals surface area contributed by atoms with Gasteiger partial charge in [0.25, 0.3) is 5.91 Å². The van der Waals surface area contributed by atoms with E-state index in [4.69, 9.17) is 4.74 Å². The van der Waals surface area contributed by atoms with Gasteiger partial charge in [0.2, 0.25) is 0 Å². The molecule has 1 spiro atoms. The summed E-state index contributed by atoms with van der Waals surface area (Å²) >= 11 is 0. The molecule has 2 aliphatic rings. The zero-order chi connectivity index (χ0) is 22.0. The number of amides is 1. The quantitative estimate of drug-likeness (QED) is 0.493. The lowest BCUT2D eigenvalue weighted by Gasteiger charge is -2.39. The molecule has 1 fully saturated rings. The van der Waals surface area contributed by atoms with Crippen molar-refractivity contribution in [1.29, 1.82) is 0 Å². The zero-order valence-electron chi connectivity index (χ0n) is 18.5. The van der Waals surface area contributed by atoms with Crippen molar-refractivity contribution in [2.45, 2.75) is 37.9 Å². The Balaban J connectivity index is 1.29. The highest BCUT2D eigenvalue weighted by atomic mass is 16.5. The van der Waals surface area contributed by atoms with Crippen LogP contribution in [0.2, 0.25) is 0 Å². The first kappa shape index (κ1) is 20.7. The predicted octanol–water partition coefficient (Wildman–Crippen LogP) is 6.30. The summed E-state index contributed by atoms with van der Waals surface area (Å²) in [5, 5.41) is 0. The minimum Gasteiger partial charge on any atom is -0.362 e. The van der Waals surface area contributed by atoms with Crippen molar-refractivity contribution < 1.29 is 9.53 Å². The van der Waals surface area contributed by atoms with Crippen LogP contribution in [0.3, 0.4) is 0 Å². The summed E-state index contributed by atoms with van der Waals surface area (Å²) in [6.07, 6.45) is 6.97. The Morgan fingerprint density at radius 1 is 0.969 bits per heavy atom. The fourth-order valence-corrected chi connectivity index (χ4v) is 4.99. The number of benzene rings is 3. The van der Waals surface area contributed by atoms with Gasteiger partial charge in [0.05, 0.1) is 11.7 Å². The standard InChI is InChI=1S/C29H29NO2/c1-22-14-16-23(17-15-22)8-7-13-27-25-11-5-6-12-26(25)29(32-27)18-20-30(21-19-29)28(31)24-9-3-2-4-10-24/h2-12,14-17,27H,13,18-21H2,1H3/b8-7+/t27-/m1/s1. The highest BCUT2D eigenvalue weighted by molar-refractivity contribution is 5.94. The molecule has 2 aliphatic heterocycles. The Bertz CT molecular complexity index is 1110. The van der Waals surface area contributed by atoms with Crippen molar-refractivity contribution >= 4 is 12.0 Å². The first-order chi connectivity index (χ1) is 15.6. The Labute approximate surface area is 190 Å². The summed E-state index contributed by atoms with van der Waals surface area (Å²) in [5.74, 6) is 0.115. The Morgan fingerprint density at radius 3 is 2.41 bits per heavy atom. The molecular formula is C29H29NO2. The van der Waals surface area contributed by atoms with Crippen LogP contribution in [0.25, 0.3) is 6.08 Å². The molecule has 1 amide bonds. The van der Waals surface area contributed by atoms with Gasteiger partial charge < -0.3 is 9.64 Å². The monoisotopic (exact) mass is 423 g/mol. The number of likely N-dealkylation sites (tertiary alicyclic amines) is 1. The average Bonchev–Trinajstić information content (AvgIpc) is 3.14. The fourth-order valence-electron chi connectivity index (χ4n) is 4.99. The van der Waals surface area contributed by atoms with Crippen LogP contribution in [-0.2, 0) is 10.3 Å². The minimum absolute atomic E-state index is 0.0595. The Kier molecular flexibility index (Phi) is 5.67. The molecule has 0 bridgehead atoms. The molecule has 3 aromatic carbocycles. The van der Waals surface area contributed by atoms with Gasteiger partial charge in [-0.15, -0.1) is 0 Å². The third-order valence-corrected chi connectivity index (χ3v) is 6.78. The number of carbonyl (C=O) groups excluding carboxylic acids is 1. The summed E-state index contributed by atoms with van der Waals surface area (Å²) in [6.45, 7) is 3.54. The summed E-state index contributed by atoms with van der Waals surface area (Å²) < 4.78 is 6.76. The van der Waals surface area contributed by atoms with Crippen LogP contribution in [0, 0.1) is 6.92 Å². The number of carbonyl (C=O) groups is 1. The minimum atomic E-state index is -0.285. The second-order valence-electron chi connectivity index (χ2n) is 8.90. The second kappa shape index (κ2) is 8.76. The summed E-state index contributed by atoms with van der Waals surface area (Å²) in [5.41, 5.74) is 5.56. The highest BCUT2D eigenvalue weighted by Crippen LogP contribution is 2.50. The fraction of sp³-hybridized carbons (Fsp3) is 0.276. The van der Waals surface area contributed by atoms with Gasteiger partial charge in [0.1, 0.15) is 0 Å². The van der Waals surface area contributed by atoms with Crippen molar-refractivity contribution in [3.8, 4) is 0 Å². The maximum absolute atomic E-state index is 12.9. The van der Waals surface area contributed by atoms with Gasteiger partial charge in [-0.3, -0.25) is 4.79 Å². The van der Waals surface area contributed by atoms with Crippen molar-refractivity contribution in [3.63, 3.8) is 0 Å². The number of ether oxygens (including phenoxy) is 1. The van der Waals surface area contributed by atoms with Gasteiger partial charge in [0.15, 0.2) is 0 Å². The summed E-state index contributed by atoms with van der Waals surface area (Å²) in [6, 6.07) is 26.8. The first-order valence-electron chi connectivity index (χ1n) is 11.5. The molecule has 1 atom stereocenters. The number of nitrogens with zero attached hydrogens (tertiary/aromatic N) is 1. The molecule has 0 radical (unpaired) electrons. The van der Waals surface area contributed by atoms with E-state index in [9.17, 15) is 4.79 Å². The molecule has 0 N–H and O–H groups in total. The van der Waals surface area contributed by atoms with E-state index in [1.165, 1.54) is 22.3 Å². The average molecular weight is 424 g/mol. The van der Waals surface area contributed by atoms with E-state index >= 15 is 0 Å². The molecule has 162 valence electrons. The van der Waals surface area contributed by atoms with Crippen molar-refractivity contribution in [3.05, 3.63) is 113 Å². The molecule has 1 saturated heterocycles. The van der Waals surface area contributed by atoms with Crippen LogP contribution in [-0.4, -0.2) is 23.9 Å². The van der Waals surface area contributed by atoms with Gasteiger partial charge in [0, 0.05) is 18.7 Å². The van der Waals surface area contributed by atoms with Gasteiger partial charge in [-0.25, -0.2) is 0 Å². The molecule has 0 aliphatic carbocycles. The molecule has 5 rings (SSSR count). The van der Waals surface area contributed by atoms with Crippen LogP contribution in [0.4, 0.5) is 0 Å². The number of aryl methyl sites for hydroxylation is 1. The van der Waals surface area contributed by atoms with E-state index in [1.54, 1.807) is 0 Å². The van der Waals surface area contributed by atoms with Crippen LogP contribution < -0.4 is 0 Å². The number of rotatable bonds is 4. The highest BCUT2D eigenvalue weighted by Gasteiger charge is 2.46. The topological polar surface area (TPSA) is 29.5 Å². The number of hydrogen-bond acceptors (Lipinski definition) is 2. The molecular weight excluding hydrogens is 394 g/mol. The van der Waals surface area contributed by atoms with Crippen LogP contribution in [0.1, 0.15) is 58.0 Å². The van der Waals surface area contributed by atoms with E-state index in [1.807, 2.05) is 35.2 Å². The van der Waals surface area contributed by atoms with Crippen LogP contribution >= 0.6 is 0 Å². The lowest BCUT2D eigenvalue weighted by molar-refractivity contribution is -0.104. The Morgan fingerprint density at radius 2 is 1.66 bits per heavy atom. The number of piperidine rings is 1. The van der Waals surface area contributed by atoms with Gasteiger partial charge in [-0.05, 0) is 55.0 Å². The molecule has 0 aromatic heterocycles. The number of fused-ring (bicyclic) bond motifs is 2. The summed E-state index contributed by atoms with van der Waals surface area (Å²) in [4.78, 5) is 14.9. The zero-order valence-corrected chi connectivity index (χ0v) is 18.5. The Hall–Kier alpha value is -3.17. The maximum Gasteiger partial charge on any atom is 0.253 e. The summed E-state index contributed by atoms with van der Waals surface area (Å²) in [7, 11) is 0. The van der Waals surface area contributed by atoms with E-state index in [2.05, 4.69) is 67.6 Å². The molecule has 2 heterocycles. The van der Waals surface area contributed by atoms with Crippen molar-refractivity contribution in [1.82, 2.24) is 4.90 Å². The van der Waals surface area contributed by atoms with E-state index in [0.717, 1.165) is 24.8 Å². The molecule has 3 heteroatoms. The lowest BCUT2D eigenvalue weighted by atomic mass is 9.83. The predicted molar refractivity (Wildman–Crippen MR) is 128 cm³/mol. The molecule has 0 saturated carbocycles. The first-order valence-corrected chi connectivity index (χ1v) is 11.5. The van der Waals surface area contributed by atoms with Crippen LogP contribution in [0.15, 0.2) is 84.9 Å². The second-order valence-corrected chi connectivity index (χ2v) is 8.90. The van der Waals surface area contributed by atoms with Gasteiger partial charge >= 0.3 is 0 Å². The molecule has 3 nitrogen and oxygen atoms in total. The van der Waals surface area contributed by atoms with E-state index in [0.29, 0.717) is 13.1 Å². The molecule has 32 heavy (non-hydrogen) atoms. The maximum atomic E-state index is 12.9. The number of hydrogen-bond donors (Lipinski definition) is 0. The SMILES string of the molecule is Cc1ccc(/C=C/C[C@H]2OC3(CCN(C(=O)c4ccccc4)CC3)c3ccccc32)cc1. The normalized spacial score (nSPS) is 19.4. The largest absolute Gasteiger partial charge is 0.362 e. The van der Waals surface area contributed by atoms with Crippen LogP contribution in [0.5, 0.6) is 0 Å².